The highest BCUT2D eigenvalue weighted by molar-refractivity contribution is 5.96. The van der Waals surface area contributed by atoms with Gasteiger partial charge in [0.05, 0.1) is 17.2 Å². The van der Waals surface area contributed by atoms with Gasteiger partial charge in [0.2, 0.25) is 0 Å². The zero-order valence-electron chi connectivity index (χ0n) is 8.98. The number of ketones is 1. The van der Waals surface area contributed by atoms with Gasteiger partial charge in [-0.15, -0.1) is 0 Å². The lowest BCUT2D eigenvalue weighted by Crippen LogP contribution is -2.13. The number of alkyl halides is 5. The Labute approximate surface area is 98.6 Å². The van der Waals surface area contributed by atoms with Gasteiger partial charge in [-0.05, 0) is 19.1 Å². The van der Waals surface area contributed by atoms with E-state index < -0.39 is 40.6 Å². The lowest BCUT2D eigenvalue weighted by atomic mass is 9.96. The second-order valence-corrected chi connectivity index (χ2v) is 3.45. The first-order valence-electron chi connectivity index (χ1n) is 4.62. The molecule has 1 rings (SSSR count). The van der Waals surface area contributed by atoms with Gasteiger partial charge in [0.1, 0.15) is 0 Å². The summed E-state index contributed by atoms with van der Waals surface area (Å²) < 4.78 is 62.8. The van der Waals surface area contributed by atoms with Crippen LogP contribution in [0.2, 0.25) is 0 Å². The van der Waals surface area contributed by atoms with Gasteiger partial charge in [-0.2, -0.15) is 18.4 Å². The van der Waals surface area contributed by atoms with Crippen molar-refractivity contribution in [3.8, 4) is 6.07 Å². The molecule has 0 saturated heterocycles. The molecule has 0 fully saturated rings. The van der Waals surface area contributed by atoms with E-state index in [2.05, 4.69) is 0 Å². The molecule has 1 aromatic carbocycles. The molecule has 0 aliphatic rings. The average Bonchev–Trinajstić information content (AvgIpc) is 2.25. The highest BCUT2D eigenvalue weighted by Gasteiger charge is 2.36. The molecule has 0 spiro atoms. The second-order valence-electron chi connectivity index (χ2n) is 3.45. The van der Waals surface area contributed by atoms with E-state index in [0.717, 1.165) is 6.92 Å². The van der Waals surface area contributed by atoms with E-state index in [4.69, 9.17) is 5.26 Å². The van der Waals surface area contributed by atoms with Crippen LogP contribution in [0, 0.1) is 11.3 Å². The molecule has 0 heterocycles. The van der Waals surface area contributed by atoms with Gasteiger partial charge in [-0.25, -0.2) is 8.78 Å². The van der Waals surface area contributed by atoms with Gasteiger partial charge < -0.3 is 0 Å². The summed E-state index contributed by atoms with van der Waals surface area (Å²) in [5, 5.41) is 8.59. The third kappa shape index (κ3) is 2.64. The predicted octanol–water partition coefficient (Wildman–Crippen LogP) is 3.72. The molecule has 96 valence electrons. The summed E-state index contributed by atoms with van der Waals surface area (Å²) >= 11 is 0. The molecule has 18 heavy (non-hydrogen) atoms. The first kappa shape index (κ1) is 14.1. The summed E-state index contributed by atoms with van der Waals surface area (Å²) in [7, 11) is 0. The van der Waals surface area contributed by atoms with Gasteiger partial charge in [0.25, 0.3) is 6.43 Å². The quantitative estimate of drug-likeness (QED) is 0.602. The molecule has 0 bridgehead atoms. The summed E-state index contributed by atoms with van der Waals surface area (Å²) in [6, 6.07) is 2.05. The number of nitriles is 1. The van der Waals surface area contributed by atoms with Crippen molar-refractivity contribution in [3.63, 3.8) is 0 Å². The van der Waals surface area contributed by atoms with Crippen LogP contribution < -0.4 is 0 Å². The zero-order chi connectivity index (χ0) is 14.1. The molecule has 0 radical (unpaired) electrons. The topological polar surface area (TPSA) is 40.9 Å². The van der Waals surface area contributed by atoms with Crippen molar-refractivity contribution in [3.05, 3.63) is 34.4 Å². The summed E-state index contributed by atoms with van der Waals surface area (Å²) in [6.07, 6.45) is -8.15. The van der Waals surface area contributed by atoms with Crippen molar-refractivity contribution >= 4 is 5.78 Å². The Morgan fingerprint density at radius 1 is 1.33 bits per heavy atom. The number of halogens is 5. The second kappa shape index (κ2) is 4.72. The van der Waals surface area contributed by atoms with Crippen LogP contribution in [0.3, 0.4) is 0 Å². The van der Waals surface area contributed by atoms with E-state index in [1.165, 1.54) is 6.07 Å². The molecular weight excluding hydrogens is 257 g/mol. The highest BCUT2D eigenvalue weighted by atomic mass is 19.4. The van der Waals surface area contributed by atoms with Crippen molar-refractivity contribution in [1.29, 1.82) is 5.26 Å². The molecular formula is C11H6F5NO. The maximum absolute atomic E-state index is 12.6. The van der Waals surface area contributed by atoms with Crippen LogP contribution in [0.15, 0.2) is 12.1 Å². The first-order valence-corrected chi connectivity index (χ1v) is 4.62. The molecule has 0 atom stereocenters. The zero-order valence-corrected chi connectivity index (χ0v) is 8.98. The van der Waals surface area contributed by atoms with Gasteiger partial charge >= 0.3 is 6.18 Å². The van der Waals surface area contributed by atoms with E-state index in [1.807, 2.05) is 0 Å². The standard InChI is InChI=1S/C11H6F5NO/c1-5(18)7-2-6(4-17)8(10(12)13)3-9(7)11(14,15)16/h2-3,10H,1H3. The minimum absolute atomic E-state index is 0.153. The molecule has 0 aromatic heterocycles. The third-order valence-corrected chi connectivity index (χ3v) is 2.23. The molecule has 0 amide bonds. The van der Waals surface area contributed by atoms with Crippen molar-refractivity contribution in [2.75, 3.05) is 0 Å². The Morgan fingerprint density at radius 3 is 2.22 bits per heavy atom. The van der Waals surface area contributed by atoms with Crippen molar-refractivity contribution in [2.45, 2.75) is 19.5 Å². The highest BCUT2D eigenvalue weighted by Crippen LogP contribution is 2.36. The van der Waals surface area contributed by atoms with Crippen LogP contribution in [0.1, 0.15) is 40.4 Å². The number of nitrogens with zero attached hydrogens (tertiary/aromatic N) is 1. The maximum Gasteiger partial charge on any atom is 0.417 e. The number of hydrogen-bond donors (Lipinski definition) is 0. The van der Waals surface area contributed by atoms with Crippen LogP contribution in [0.4, 0.5) is 22.0 Å². The van der Waals surface area contributed by atoms with Gasteiger partial charge in [0.15, 0.2) is 5.78 Å². The molecule has 2 nitrogen and oxygen atoms in total. The summed E-state index contributed by atoms with van der Waals surface area (Å²) in [6.45, 7) is 0.869. The number of hydrogen-bond acceptors (Lipinski definition) is 2. The Kier molecular flexibility index (Phi) is 3.70. The largest absolute Gasteiger partial charge is 0.417 e. The Balaban J connectivity index is 3.65. The first-order chi connectivity index (χ1) is 8.18. The summed E-state index contributed by atoms with van der Waals surface area (Å²) in [5.74, 6) is -0.945. The molecule has 0 unspecified atom stereocenters. The van der Waals surface area contributed by atoms with Gasteiger partial charge in [0, 0.05) is 11.1 Å². The molecule has 0 aliphatic carbocycles. The van der Waals surface area contributed by atoms with E-state index >= 15 is 0 Å². The van der Waals surface area contributed by atoms with Crippen LogP contribution >= 0.6 is 0 Å². The van der Waals surface area contributed by atoms with E-state index in [9.17, 15) is 26.7 Å². The SMILES string of the molecule is CC(=O)c1cc(C#N)c(C(F)F)cc1C(F)(F)F. The fraction of sp³-hybridized carbons (Fsp3) is 0.273. The number of Topliss-reactive ketones (excluding diaryl/α,β-unsaturated/α-hetero) is 1. The molecule has 1 aromatic rings. The number of benzene rings is 1. The molecule has 0 N–H and O–H groups in total. The average molecular weight is 263 g/mol. The minimum atomic E-state index is -4.93. The van der Waals surface area contributed by atoms with E-state index in [0.29, 0.717) is 6.07 Å². The maximum atomic E-state index is 12.6. The van der Waals surface area contributed by atoms with E-state index in [1.54, 1.807) is 0 Å². The molecule has 0 aliphatic heterocycles. The van der Waals surface area contributed by atoms with Crippen LogP contribution in [0.5, 0.6) is 0 Å². The fourth-order valence-corrected chi connectivity index (χ4v) is 1.42. The smallest absolute Gasteiger partial charge is 0.294 e. The van der Waals surface area contributed by atoms with E-state index in [-0.39, 0.29) is 6.07 Å². The molecule has 0 saturated carbocycles. The Hall–Kier alpha value is -1.97. The van der Waals surface area contributed by atoms with Gasteiger partial charge in [-0.1, -0.05) is 0 Å². The van der Waals surface area contributed by atoms with Crippen molar-refractivity contribution in [1.82, 2.24) is 0 Å². The lowest BCUT2D eigenvalue weighted by molar-refractivity contribution is -0.138. The molecule has 7 heteroatoms. The monoisotopic (exact) mass is 263 g/mol. The summed E-state index contributed by atoms with van der Waals surface area (Å²) in [5.41, 5.74) is -3.91. The van der Waals surface area contributed by atoms with Crippen LogP contribution in [-0.4, -0.2) is 5.78 Å². The van der Waals surface area contributed by atoms with Crippen molar-refractivity contribution in [2.24, 2.45) is 0 Å². The van der Waals surface area contributed by atoms with Gasteiger partial charge in [-0.3, -0.25) is 4.79 Å². The van der Waals surface area contributed by atoms with Crippen LogP contribution in [0.25, 0.3) is 0 Å². The fourth-order valence-electron chi connectivity index (χ4n) is 1.42. The number of rotatable bonds is 2. The normalized spacial score (nSPS) is 11.4. The van der Waals surface area contributed by atoms with Crippen molar-refractivity contribution < 1.29 is 26.7 Å². The van der Waals surface area contributed by atoms with Crippen LogP contribution in [-0.2, 0) is 6.18 Å². The third-order valence-electron chi connectivity index (χ3n) is 2.23. The Bertz CT molecular complexity index is 527. The number of carbonyl (C=O) groups excluding carboxylic acids is 1. The lowest BCUT2D eigenvalue weighted by Gasteiger charge is -2.14. The minimum Gasteiger partial charge on any atom is -0.294 e. The number of carbonyl (C=O) groups is 1. The summed E-state index contributed by atoms with van der Waals surface area (Å²) in [4.78, 5) is 11.1. The predicted molar refractivity (Wildman–Crippen MR) is 51.1 cm³/mol. The Morgan fingerprint density at radius 2 is 1.89 bits per heavy atom.